The van der Waals surface area contributed by atoms with Crippen LogP contribution in [0.1, 0.15) is 16.8 Å². The second kappa shape index (κ2) is 8.33. The summed E-state index contributed by atoms with van der Waals surface area (Å²) in [5.74, 6) is -0.472. The summed E-state index contributed by atoms with van der Waals surface area (Å²) in [4.78, 5) is 23.4. The number of hydrogen-bond acceptors (Lipinski definition) is 4. The average molecular weight is 377 g/mol. The first-order chi connectivity index (χ1) is 11.1. The second-order valence-corrected chi connectivity index (χ2v) is 5.72. The van der Waals surface area contributed by atoms with Crippen molar-refractivity contribution in [1.29, 1.82) is 0 Å². The highest BCUT2D eigenvalue weighted by Crippen LogP contribution is 2.16. The molecule has 0 saturated carbocycles. The number of methoxy groups -OCH3 is 1. The molecule has 0 atom stereocenters. The molecular formula is C17H17BrN2O3. The smallest absolute Gasteiger partial charge is 0.337 e. The lowest BCUT2D eigenvalue weighted by Crippen LogP contribution is -2.16. The maximum Gasteiger partial charge on any atom is 0.337 e. The summed E-state index contributed by atoms with van der Waals surface area (Å²) in [6.07, 6.45) is 0.314. The summed E-state index contributed by atoms with van der Waals surface area (Å²) in [6, 6.07) is 14.4. The van der Waals surface area contributed by atoms with Gasteiger partial charge >= 0.3 is 5.97 Å². The van der Waals surface area contributed by atoms with Gasteiger partial charge in [0.15, 0.2) is 0 Å². The van der Waals surface area contributed by atoms with E-state index in [1.807, 2.05) is 30.3 Å². The van der Waals surface area contributed by atoms with E-state index in [0.29, 0.717) is 18.5 Å². The molecule has 0 unspecified atom stereocenters. The molecule has 0 heterocycles. The molecule has 0 fully saturated rings. The molecule has 1 amide bonds. The van der Waals surface area contributed by atoms with E-state index in [2.05, 4.69) is 31.3 Å². The number of anilines is 2. The van der Waals surface area contributed by atoms with Crippen LogP contribution in [0.15, 0.2) is 53.0 Å². The van der Waals surface area contributed by atoms with Crippen LogP contribution < -0.4 is 10.6 Å². The Hall–Kier alpha value is -2.34. The predicted octanol–water partition coefficient (Wildman–Crippen LogP) is 3.68. The molecule has 2 N–H and O–H groups in total. The number of esters is 1. The predicted molar refractivity (Wildman–Crippen MR) is 93.7 cm³/mol. The van der Waals surface area contributed by atoms with Crippen LogP contribution >= 0.6 is 15.9 Å². The van der Waals surface area contributed by atoms with Crippen LogP contribution in [-0.4, -0.2) is 25.5 Å². The lowest BCUT2D eigenvalue weighted by Gasteiger charge is -2.09. The van der Waals surface area contributed by atoms with Gasteiger partial charge in [-0.2, -0.15) is 0 Å². The number of ether oxygens (including phenoxy) is 1. The summed E-state index contributed by atoms with van der Waals surface area (Å²) in [5, 5.41) is 5.94. The third-order valence-corrected chi connectivity index (χ3v) is 3.57. The summed E-state index contributed by atoms with van der Waals surface area (Å²) in [6.45, 7) is 0.463. The van der Waals surface area contributed by atoms with Crippen molar-refractivity contribution < 1.29 is 14.3 Å². The van der Waals surface area contributed by atoms with Gasteiger partial charge in [-0.3, -0.25) is 4.79 Å². The molecule has 0 saturated heterocycles. The van der Waals surface area contributed by atoms with Crippen molar-refractivity contribution >= 4 is 39.2 Å². The van der Waals surface area contributed by atoms with E-state index in [1.165, 1.54) is 7.11 Å². The van der Waals surface area contributed by atoms with Crippen LogP contribution in [0, 0.1) is 0 Å². The van der Waals surface area contributed by atoms with Crippen molar-refractivity contribution in [2.45, 2.75) is 6.42 Å². The summed E-state index contributed by atoms with van der Waals surface area (Å²) in [5.41, 5.74) is 1.98. The molecule has 6 heteroatoms. The number of carbonyl (C=O) groups excluding carboxylic acids is 2. The average Bonchev–Trinajstić information content (AvgIpc) is 2.54. The lowest BCUT2D eigenvalue weighted by molar-refractivity contribution is -0.115. The number of halogens is 1. The second-order valence-electron chi connectivity index (χ2n) is 4.81. The molecule has 2 aromatic rings. The Kier molecular flexibility index (Phi) is 6.17. The number of carbonyl (C=O) groups is 2. The van der Waals surface area contributed by atoms with E-state index in [-0.39, 0.29) is 11.9 Å². The highest BCUT2D eigenvalue weighted by molar-refractivity contribution is 9.10. The Morgan fingerprint density at radius 3 is 2.57 bits per heavy atom. The number of hydrogen-bond donors (Lipinski definition) is 2. The highest BCUT2D eigenvalue weighted by Gasteiger charge is 2.06. The minimum absolute atomic E-state index is 0.0836. The van der Waals surface area contributed by atoms with Crippen LogP contribution in [0.4, 0.5) is 11.4 Å². The Morgan fingerprint density at radius 1 is 1.09 bits per heavy atom. The van der Waals surface area contributed by atoms with Crippen molar-refractivity contribution in [2.24, 2.45) is 0 Å². The van der Waals surface area contributed by atoms with Crippen molar-refractivity contribution in [3.63, 3.8) is 0 Å². The molecule has 0 spiro atoms. The van der Waals surface area contributed by atoms with E-state index in [9.17, 15) is 9.59 Å². The van der Waals surface area contributed by atoms with Gasteiger partial charge in [0.25, 0.3) is 0 Å². The van der Waals surface area contributed by atoms with Crippen LogP contribution in [-0.2, 0) is 9.53 Å². The maximum absolute atomic E-state index is 11.9. The normalized spacial score (nSPS) is 10.0. The molecule has 0 aliphatic rings. The minimum atomic E-state index is -0.388. The molecule has 2 aromatic carbocycles. The molecule has 120 valence electrons. The fraction of sp³-hybridized carbons (Fsp3) is 0.176. The molecule has 0 aliphatic heterocycles. The molecule has 2 rings (SSSR count). The standard InChI is InChI=1S/C17H17BrN2O3/c1-23-17(22)12-4-2-6-14(10-12)19-9-8-16(21)20-15-7-3-5-13(18)11-15/h2-7,10-11,19H,8-9H2,1H3,(H,20,21). The monoisotopic (exact) mass is 376 g/mol. The highest BCUT2D eigenvalue weighted by atomic mass is 79.9. The first-order valence-corrected chi connectivity index (χ1v) is 7.85. The van der Waals surface area contributed by atoms with E-state index in [0.717, 1.165) is 15.8 Å². The Labute approximate surface area is 143 Å². The maximum atomic E-state index is 11.9. The van der Waals surface area contributed by atoms with Gasteiger partial charge in [0.05, 0.1) is 12.7 Å². The largest absolute Gasteiger partial charge is 0.465 e. The Morgan fingerprint density at radius 2 is 1.83 bits per heavy atom. The number of nitrogens with one attached hydrogen (secondary N) is 2. The van der Waals surface area contributed by atoms with Gasteiger partial charge in [-0.15, -0.1) is 0 Å². The minimum Gasteiger partial charge on any atom is -0.465 e. The molecule has 0 bridgehead atoms. The van der Waals surface area contributed by atoms with Gasteiger partial charge in [-0.1, -0.05) is 28.1 Å². The molecule has 0 radical (unpaired) electrons. The zero-order valence-electron chi connectivity index (χ0n) is 12.6. The van der Waals surface area contributed by atoms with E-state index < -0.39 is 0 Å². The van der Waals surface area contributed by atoms with Crippen molar-refractivity contribution in [2.75, 3.05) is 24.3 Å². The topological polar surface area (TPSA) is 67.4 Å². The van der Waals surface area contributed by atoms with Gasteiger partial charge in [0.2, 0.25) is 5.91 Å². The van der Waals surface area contributed by atoms with E-state index in [4.69, 9.17) is 0 Å². The van der Waals surface area contributed by atoms with Crippen molar-refractivity contribution in [1.82, 2.24) is 0 Å². The Balaban J connectivity index is 1.82. The zero-order chi connectivity index (χ0) is 16.7. The third-order valence-electron chi connectivity index (χ3n) is 3.07. The number of benzene rings is 2. The van der Waals surface area contributed by atoms with Gasteiger partial charge in [0.1, 0.15) is 0 Å². The zero-order valence-corrected chi connectivity index (χ0v) is 14.2. The van der Waals surface area contributed by atoms with Gasteiger partial charge < -0.3 is 15.4 Å². The fourth-order valence-electron chi connectivity index (χ4n) is 1.98. The summed E-state index contributed by atoms with van der Waals surface area (Å²) < 4.78 is 5.59. The fourth-order valence-corrected chi connectivity index (χ4v) is 2.38. The van der Waals surface area contributed by atoms with E-state index in [1.54, 1.807) is 18.2 Å². The van der Waals surface area contributed by atoms with Crippen LogP contribution in [0.2, 0.25) is 0 Å². The van der Waals surface area contributed by atoms with Gasteiger partial charge in [-0.25, -0.2) is 4.79 Å². The lowest BCUT2D eigenvalue weighted by atomic mass is 10.2. The van der Waals surface area contributed by atoms with Gasteiger partial charge in [0, 0.05) is 28.8 Å². The molecule has 0 aromatic heterocycles. The third kappa shape index (κ3) is 5.41. The van der Waals surface area contributed by atoms with Crippen LogP contribution in [0.25, 0.3) is 0 Å². The molecule has 0 aliphatic carbocycles. The molecular weight excluding hydrogens is 360 g/mol. The quantitative estimate of drug-likeness (QED) is 0.754. The Bertz CT molecular complexity index is 704. The molecule has 23 heavy (non-hydrogen) atoms. The SMILES string of the molecule is COC(=O)c1cccc(NCCC(=O)Nc2cccc(Br)c2)c1. The first kappa shape index (κ1) is 17.0. The molecule has 5 nitrogen and oxygen atoms in total. The summed E-state index contributed by atoms with van der Waals surface area (Å²) in [7, 11) is 1.34. The van der Waals surface area contributed by atoms with Crippen molar-refractivity contribution in [3.8, 4) is 0 Å². The van der Waals surface area contributed by atoms with Crippen molar-refractivity contribution in [3.05, 3.63) is 58.6 Å². The van der Waals surface area contributed by atoms with E-state index >= 15 is 0 Å². The van der Waals surface area contributed by atoms with Crippen LogP contribution in [0.5, 0.6) is 0 Å². The number of amides is 1. The van der Waals surface area contributed by atoms with Gasteiger partial charge in [-0.05, 0) is 36.4 Å². The number of rotatable bonds is 6. The first-order valence-electron chi connectivity index (χ1n) is 7.06. The van der Waals surface area contributed by atoms with Crippen LogP contribution in [0.3, 0.4) is 0 Å². The summed E-state index contributed by atoms with van der Waals surface area (Å²) >= 11 is 3.36.